The predicted molar refractivity (Wildman–Crippen MR) is 83.8 cm³/mol. The lowest BCUT2D eigenvalue weighted by Crippen LogP contribution is -2.18. The molecule has 3 rings (SSSR count). The van der Waals surface area contributed by atoms with Gasteiger partial charge in [0.15, 0.2) is 5.65 Å². The number of pyridine rings is 1. The molecule has 0 spiro atoms. The van der Waals surface area contributed by atoms with E-state index in [-0.39, 0.29) is 0 Å². The third-order valence-corrected chi connectivity index (χ3v) is 3.35. The van der Waals surface area contributed by atoms with Crippen LogP contribution in [0.15, 0.2) is 48.8 Å². The summed E-state index contributed by atoms with van der Waals surface area (Å²) >= 11 is 0. The van der Waals surface area contributed by atoms with E-state index in [4.69, 9.17) is 5.73 Å². The van der Waals surface area contributed by atoms with Crippen LogP contribution in [0.3, 0.4) is 0 Å². The van der Waals surface area contributed by atoms with Gasteiger partial charge in [0.2, 0.25) is 0 Å². The molecule has 5 heteroatoms. The van der Waals surface area contributed by atoms with E-state index in [1.807, 2.05) is 31.3 Å². The normalized spacial score (nSPS) is 10.8. The topological polar surface area (TPSA) is 67.9 Å². The molecule has 0 saturated heterocycles. The Kier molecular flexibility index (Phi) is 3.75. The van der Waals surface area contributed by atoms with Gasteiger partial charge in [-0.25, -0.2) is 9.97 Å². The first-order chi connectivity index (χ1) is 10.3. The SMILES string of the molecule is CN(Cc1cccc(CN)c1)c1ccc2nccnc2n1. The van der Waals surface area contributed by atoms with Crippen LogP contribution in [0.25, 0.3) is 11.2 Å². The summed E-state index contributed by atoms with van der Waals surface area (Å²) in [5, 5.41) is 0. The fraction of sp³-hybridized carbons (Fsp3) is 0.188. The third kappa shape index (κ3) is 2.98. The molecule has 5 nitrogen and oxygen atoms in total. The maximum Gasteiger partial charge on any atom is 0.180 e. The van der Waals surface area contributed by atoms with Gasteiger partial charge in [-0.15, -0.1) is 0 Å². The number of anilines is 1. The molecule has 0 saturated carbocycles. The van der Waals surface area contributed by atoms with Crippen molar-refractivity contribution in [3.8, 4) is 0 Å². The largest absolute Gasteiger partial charge is 0.355 e. The van der Waals surface area contributed by atoms with Crippen LogP contribution in [-0.4, -0.2) is 22.0 Å². The number of nitrogens with zero attached hydrogens (tertiary/aromatic N) is 4. The average Bonchev–Trinajstić information content (AvgIpc) is 2.54. The van der Waals surface area contributed by atoms with Gasteiger partial charge >= 0.3 is 0 Å². The van der Waals surface area contributed by atoms with E-state index < -0.39 is 0 Å². The zero-order chi connectivity index (χ0) is 14.7. The Hall–Kier alpha value is -2.53. The zero-order valence-corrected chi connectivity index (χ0v) is 11.9. The number of hydrogen-bond donors (Lipinski definition) is 1. The second-order valence-electron chi connectivity index (χ2n) is 4.95. The highest BCUT2D eigenvalue weighted by molar-refractivity contribution is 5.71. The van der Waals surface area contributed by atoms with Crippen LogP contribution < -0.4 is 10.6 Å². The molecule has 0 aliphatic rings. The Morgan fingerprint density at radius 1 is 1.05 bits per heavy atom. The molecule has 0 bridgehead atoms. The van der Waals surface area contributed by atoms with E-state index in [0.29, 0.717) is 12.2 Å². The Morgan fingerprint density at radius 2 is 1.86 bits per heavy atom. The van der Waals surface area contributed by atoms with Gasteiger partial charge in [0.1, 0.15) is 11.3 Å². The van der Waals surface area contributed by atoms with Crippen molar-refractivity contribution in [1.82, 2.24) is 15.0 Å². The second kappa shape index (κ2) is 5.85. The van der Waals surface area contributed by atoms with Crippen molar-refractivity contribution in [2.24, 2.45) is 5.73 Å². The summed E-state index contributed by atoms with van der Waals surface area (Å²) in [4.78, 5) is 15.1. The molecule has 0 amide bonds. The van der Waals surface area contributed by atoms with Crippen LogP contribution in [0.1, 0.15) is 11.1 Å². The molecule has 0 radical (unpaired) electrons. The minimum Gasteiger partial charge on any atom is -0.355 e. The first-order valence-corrected chi connectivity index (χ1v) is 6.83. The van der Waals surface area contributed by atoms with Crippen molar-refractivity contribution >= 4 is 17.0 Å². The van der Waals surface area contributed by atoms with Crippen LogP contribution in [0.2, 0.25) is 0 Å². The summed E-state index contributed by atoms with van der Waals surface area (Å²) in [7, 11) is 2.01. The van der Waals surface area contributed by atoms with Gasteiger partial charge in [-0.3, -0.25) is 4.98 Å². The molecule has 21 heavy (non-hydrogen) atoms. The molecule has 0 aliphatic heterocycles. The molecule has 2 aromatic heterocycles. The number of aromatic nitrogens is 3. The minimum atomic E-state index is 0.557. The van der Waals surface area contributed by atoms with E-state index in [9.17, 15) is 0 Å². The van der Waals surface area contributed by atoms with Crippen molar-refractivity contribution in [2.75, 3.05) is 11.9 Å². The molecule has 1 aromatic carbocycles. The first kappa shape index (κ1) is 13.5. The highest BCUT2D eigenvalue weighted by atomic mass is 15.2. The predicted octanol–water partition coefficient (Wildman–Crippen LogP) is 2.12. The lowest BCUT2D eigenvalue weighted by Gasteiger charge is -2.18. The van der Waals surface area contributed by atoms with Gasteiger partial charge in [0.25, 0.3) is 0 Å². The molecular weight excluding hydrogens is 262 g/mol. The smallest absolute Gasteiger partial charge is 0.180 e. The van der Waals surface area contributed by atoms with Gasteiger partial charge in [0.05, 0.1) is 0 Å². The van der Waals surface area contributed by atoms with Crippen LogP contribution >= 0.6 is 0 Å². The van der Waals surface area contributed by atoms with Crippen LogP contribution in [0.5, 0.6) is 0 Å². The summed E-state index contributed by atoms with van der Waals surface area (Å²) in [5.74, 6) is 0.876. The van der Waals surface area contributed by atoms with Crippen LogP contribution in [0, 0.1) is 0 Å². The van der Waals surface area contributed by atoms with E-state index in [1.54, 1.807) is 12.4 Å². The second-order valence-corrected chi connectivity index (χ2v) is 4.95. The van der Waals surface area contributed by atoms with E-state index in [0.717, 1.165) is 23.4 Å². The molecule has 0 fully saturated rings. The molecule has 106 valence electrons. The molecule has 2 heterocycles. The number of rotatable bonds is 4. The minimum absolute atomic E-state index is 0.557. The summed E-state index contributed by atoms with van der Waals surface area (Å²) in [5.41, 5.74) is 9.50. The molecule has 0 atom stereocenters. The number of nitrogens with two attached hydrogens (primary N) is 1. The van der Waals surface area contributed by atoms with Crippen LogP contribution in [-0.2, 0) is 13.1 Å². The van der Waals surface area contributed by atoms with Gasteiger partial charge in [-0.1, -0.05) is 24.3 Å². The standard InChI is InChI=1S/C16H17N5/c1-21(11-13-4-2-3-12(9-13)10-17)15-6-5-14-16(20-15)19-8-7-18-14/h2-9H,10-11,17H2,1H3. The molecule has 2 N–H and O–H groups in total. The van der Waals surface area contributed by atoms with Crippen molar-refractivity contribution < 1.29 is 0 Å². The number of benzene rings is 1. The van der Waals surface area contributed by atoms with E-state index in [1.165, 1.54) is 5.56 Å². The van der Waals surface area contributed by atoms with Gasteiger partial charge < -0.3 is 10.6 Å². The molecule has 3 aromatic rings. The van der Waals surface area contributed by atoms with E-state index >= 15 is 0 Å². The summed E-state index contributed by atoms with van der Waals surface area (Å²) in [6, 6.07) is 12.2. The van der Waals surface area contributed by atoms with Crippen LogP contribution in [0.4, 0.5) is 5.82 Å². The van der Waals surface area contributed by atoms with Gasteiger partial charge in [-0.2, -0.15) is 0 Å². The van der Waals surface area contributed by atoms with E-state index in [2.05, 4.69) is 32.0 Å². The van der Waals surface area contributed by atoms with Crippen molar-refractivity contribution in [1.29, 1.82) is 0 Å². The molecular formula is C16H17N5. The zero-order valence-electron chi connectivity index (χ0n) is 11.9. The molecule has 0 unspecified atom stereocenters. The monoisotopic (exact) mass is 279 g/mol. The summed E-state index contributed by atoms with van der Waals surface area (Å²) in [6.45, 7) is 1.33. The Morgan fingerprint density at radius 3 is 2.71 bits per heavy atom. The summed E-state index contributed by atoms with van der Waals surface area (Å²) < 4.78 is 0. The summed E-state index contributed by atoms with van der Waals surface area (Å²) in [6.07, 6.45) is 3.33. The Labute approximate surface area is 123 Å². The lowest BCUT2D eigenvalue weighted by atomic mass is 10.1. The highest BCUT2D eigenvalue weighted by Gasteiger charge is 2.06. The Balaban J connectivity index is 1.84. The maximum absolute atomic E-state index is 5.68. The fourth-order valence-electron chi connectivity index (χ4n) is 2.27. The van der Waals surface area contributed by atoms with Crippen molar-refractivity contribution in [2.45, 2.75) is 13.1 Å². The lowest BCUT2D eigenvalue weighted by molar-refractivity contribution is 0.896. The Bertz CT molecular complexity index is 756. The van der Waals surface area contributed by atoms with Crippen molar-refractivity contribution in [3.63, 3.8) is 0 Å². The maximum atomic E-state index is 5.68. The average molecular weight is 279 g/mol. The highest BCUT2D eigenvalue weighted by Crippen LogP contribution is 2.16. The third-order valence-electron chi connectivity index (χ3n) is 3.35. The quantitative estimate of drug-likeness (QED) is 0.792. The van der Waals surface area contributed by atoms with Crippen molar-refractivity contribution in [3.05, 3.63) is 59.9 Å². The number of hydrogen-bond acceptors (Lipinski definition) is 5. The fourth-order valence-corrected chi connectivity index (χ4v) is 2.27. The van der Waals surface area contributed by atoms with Gasteiger partial charge in [-0.05, 0) is 23.3 Å². The first-order valence-electron chi connectivity index (χ1n) is 6.83. The van der Waals surface area contributed by atoms with Gasteiger partial charge in [0, 0.05) is 32.5 Å². The molecule has 0 aliphatic carbocycles. The number of fused-ring (bicyclic) bond motifs is 1.